The van der Waals surface area contributed by atoms with Crippen LogP contribution in [-0.4, -0.2) is 57.7 Å². The number of carbonyl (C=O) groups is 4. The molecule has 0 saturated carbocycles. The van der Waals surface area contributed by atoms with Crippen LogP contribution in [0.25, 0.3) is 0 Å². The molecule has 1 aliphatic rings. The number of fused-ring (bicyclic) bond motifs is 1. The molecule has 0 fully saturated rings. The van der Waals surface area contributed by atoms with Gasteiger partial charge in [-0.2, -0.15) is 0 Å². The zero-order valence-electron chi connectivity index (χ0n) is 19.7. The van der Waals surface area contributed by atoms with E-state index in [-0.39, 0.29) is 37.2 Å². The summed E-state index contributed by atoms with van der Waals surface area (Å²) in [5, 5.41) is 17.2. The molecule has 0 aliphatic carbocycles. The van der Waals surface area contributed by atoms with Gasteiger partial charge in [0, 0.05) is 31.7 Å². The summed E-state index contributed by atoms with van der Waals surface area (Å²) in [5.74, 6) is -1.24. The van der Waals surface area contributed by atoms with Crippen molar-refractivity contribution in [1.29, 1.82) is 0 Å². The smallest absolute Gasteiger partial charge is 0.407 e. The van der Waals surface area contributed by atoms with E-state index in [9.17, 15) is 24.3 Å². The van der Waals surface area contributed by atoms with Crippen LogP contribution < -0.4 is 20.7 Å². The van der Waals surface area contributed by atoms with Crippen LogP contribution in [-0.2, 0) is 25.5 Å². The average Bonchev–Trinajstić information content (AvgIpc) is 3.28. The lowest BCUT2D eigenvalue weighted by Crippen LogP contribution is -2.43. The van der Waals surface area contributed by atoms with Crippen molar-refractivity contribution < 1.29 is 33.8 Å². The number of carbonyl (C=O) groups excluding carboxylic acids is 3. The lowest BCUT2D eigenvalue weighted by atomic mass is 9.99. The fourth-order valence-corrected chi connectivity index (χ4v) is 3.21. The summed E-state index contributed by atoms with van der Waals surface area (Å²) in [7, 11) is 0. The van der Waals surface area contributed by atoms with Crippen LogP contribution in [0, 0.1) is 5.41 Å². The van der Waals surface area contributed by atoms with Gasteiger partial charge in [-0.3, -0.25) is 14.9 Å². The zero-order valence-corrected chi connectivity index (χ0v) is 19.7. The maximum atomic E-state index is 12.5. The first-order valence-electron chi connectivity index (χ1n) is 11.1. The third-order valence-corrected chi connectivity index (χ3v) is 4.92. The van der Waals surface area contributed by atoms with E-state index in [0.717, 1.165) is 0 Å². The van der Waals surface area contributed by atoms with Crippen molar-refractivity contribution in [2.75, 3.05) is 17.2 Å². The van der Waals surface area contributed by atoms with Crippen LogP contribution in [0.5, 0.6) is 5.75 Å². The predicted molar refractivity (Wildman–Crippen MR) is 125 cm³/mol. The maximum absolute atomic E-state index is 12.5. The standard InChI is InChI=1S/C23H29N5O7/c1-23(2,3)12-34-22(33)27-15(20(31)32)11-13-4-5-16-14(10-13)26-19(30)17(35-16)6-7-18(29)28-21-24-8-9-25-21/h4-5,8-10,15,17H,6-7,11-12H2,1-3H3,(H,26,30)(H,27,33)(H,31,32)(H2,24,25,28,29)/t15-,17+/m0/s1. The number of aliphatic carboxylic acids is 1. The number of carboxylic acids is 1. The number of hydrogen-bond donors (Lipinski definition) is 5. The highest BCUT2D eigenvalue weighted by Gasteiger charge is 2.29. The number of H-pyrrole nitrogens is 1. The molecule has 1 aliphatic heterocycles. The number of rotatable bonds is 9. The predicted octanol–water partition coefficient (Wildman–Crippen LogP) is 2.30. The number of hydrogen-bond acceptors (Lipinski definition) is 7. The Morgan fingerprint density at radius 2 is 2.06 bits per heavy atom. The third-order valence-electron chi connectivity index (χ3n) is 4.92. The highest BCUT2D eigenvalue weighted by molar-refractivity contribution is 5.98. The molecule has 12 heteroatoms. The number of aromatic amines is 1. The summed E-state index contributed by atoms with van der Waals surface area (Å²) in [6, 6.07) is 3.62. The summed E-state index contributed by atoms with van der Waals surface area (Å²) < 4.78 is 10.8. The summed E-state index contributed by atoms with van der Waals surface area (Å²) in [6.07, 6.45) is 1.57. The second-order valence-corrected chi connectivity index (χ2v) is 9.33. The van der Waals surface area contributed by atoms with Gasteiger partial charge >= 0.3 is 12.1 Å². The summed E-state index contributed by atoms with van der Waals surface area (Å²) in [4.78, 5) is 54.8. The van der Waals surface area contributed by atoms with Gasteiger partial charge in [0.25, 0.3) is 5.91 Å². The van der Waals surface area contributed by atoms with E-state index in [4.69, 9.17) is 9.47 Å². The van der Waals surface area contributed by atoms with Crippen molar-refractivity contribution in [1.82, 2.24) is 15.3 Å². The van der Waals surface area contributed by atoms with Gasteiger partial charge < -0.3 is 30.2 Å². The van der Waals surface area contributed by atoms with E-state index in [1.165, 1.54) is 6.20 Å². The maximum Gasteiger partial charge on any atom is 0.407 e. The number of nitrogens with zero attached hydrogens (tertiary/aromatic N) is 1. The number of ether oxygens (including phenoxy) is 2. The van der Waals surface area contributed by atoms with E-state index in [2.05, 4.69) is 25.9 Å². The lowest BCUT2D eigenvalue weighted by molar-refractivity contribution is -0.139. The van der Waals surface area contributed by atoms with Crippen LogP contribution in [0.1, 0.15) is 39.2 Å². The largest absolute Gasteiger partial charge is 0.480 e. The first kappa shape index (κ1) is 25.5. The lowest BCUT2D eigenvalue weighted by Gasteiger charge is -2.26. The van der Waals surface area contributed by atoms with E-state index < -0.39 is 30.1 Å². The zero-order chi connectivity index (χ0) is 25.6. The van der Waals surface area contributed by atoms with Gasteiger partial charge in [0.05, 0.1) is 12.3 Å². The quantitative estimate of drug-likeness (QED) is 0.358. The number of anilines is 2. The number of nitrogens with one attached hydrogen (secondary N) is 4. The number of aromatic nitrogens is 2. The molecule has 3 rings (SSSR count). The van der Waals surface area contributed by atoms with Gasteiger partial charge in [0.15, 0.2) is 6.10 Å². The monoisotopic (exact) mass is 487 g/mol. The highest BCUT2D eigenvalue weighted by Crippen LogP contribution is 2.32. The number of alkyl carbamates (subject to hydrolysis) is 1. The second-order valence-electron chi connectivity index (χ2n) is 9.33. The van der Waals surface area contributed by atoms with Crippen molar-refractivity contribution in [3.63, 3.8) is 0 Å². The molecule has 12 nitrogen and oxygen atoms in total. The molecule has 0 saturated heterocycles. The molecule has 5 N–H and O–H groups in total. The summed E-state index contributed by atoms with van der Waals surface area (Å²) in [5.41, 5.74) is 0.684. The van der Waals surface area contributed by atoms with Crippen molar-refractivity contribution >= 4 is 35.5 Å². The second kappa shape index (κ2) is 10.9. The van der Waals surface area contributed by atoms with E-state index in [1.807, 2.05) is 20.8 Å². The normalized spacial score (nSPS) is 15.7. The summed E-state index contributed by atoms with van der Waals surface area (Å²) in [6.45, 7) is 5.80. The van der Waals surface area contributed by atoms with E-state index >= 15 is 0 Å². The SMILES string of the molecule is CC(C)(C)COC(=O)N[C@@H](Cc1ccc2c(c1)NC(=O)[C@@H](CCC(=O)Nc1ncc[nH]1)O2)C(=O)O. The fraction of sp³-hybridized carbons (Fsp3) is 0.435. The van der Waals surface area contributed by atoms with E-state index in [0.29, 0.717) is 22.9 Å². The first-order chi connectivity index (χ1) is 16.5. The Morgan fingerprint density at radius 1 is 1.29 bits per heavy atom. The summed E-state index contributed by atoms with van der Waals surface area (Å²) >= 11 is 0. The molecular weight excluding hydrogens is 458 g/mol. The van der Waals surface area contributed by atoms with Crippen molar-refractivity contribution in [3.8, 4) is 5.75 Å². The van der Waals surface area contributed by atoms with Gasteiger partial charge in [-0.15, -0.1) is 0 Å². The Labute approximate surface area is 201 Å². The minimum atomic E-state index is -1.22. The molecule has 0 spiro atoms. The van der Waals surface area contributed by atoms with Crippen LogP contribution >= 0.6 is 0 Å². The Hall–Kier alpha value is -4.09. The Morgan fingerprint density at radius 3 is 2.71 bits per heavy atom. The number of imidazole rings is 1. The number of benzene rings is 1. The molecule has 2 aromatic rings. The van der Waals surface area contributed by atoms with Gasteiger partial charge in [-0.25, -0.2) is 14.6 Å². The van der Waals surface area contributed by atoms with Gasteiger partial charge in [-0.05, 0) is 23.1 Å². The first-order valence-corrected chi connectivity index (χ1v) is 11.1. The Kier molecular flexibility index (Phi) is 7.94. The molecule has 0 bridgehead atoms. The Balaban J connectivity index is 1.56. The van der Waals surface area contributed by atoms with Gasteiger partial charge in [0.2, 0.25) is 11.9 Å². The molecule has 35 heavy (non-hydrogen) atoms. The average molecular weight is 488 g/mol. The highest BCUT2D eigenvalue weighted by atomic mass is 16.5. The molecule has 0 radical (unpaired) electrons. The number of carboxylic acid groups (broad SMARTS) is 1. The van der Waals surface area contributed by atoms with Crippen LogP contribution in [0.15, 0.2) is 30.6 Å². The van der Waals surface area contributed by atoms with Crippen LogP contribution in [0.3, 0.4) is 0 Å². The van der Waals surface area contributed by atoms with Gasteiger partial charge in [0.1, 0.15) is 11.8 Å². The molecule has 0 unspecified atom stereocenters. The molecular formula is C23H29N5O7. The molecule has 1 aromatic carbocycles. The van der Waals surface area contributed by atoms with E-state index in [1.54, 1.807) is 24.4 Å². The fourth-order valence-electron chi connectivity index (χ4n) is 3.21. The van der Waals surface area contributed by atoms with Gasteiger partial charge in [-0.1, -0.05) is 26.8 Å². The minimum absolute atomic E-state index is 0.0283. The third kappa shape index (κ3) is 7.73. The van der Waals surface area contributed by atoms with Crippen LogP contribution in [0.2, 0.25) is 0 Å². The molecule has 2 heterocycles. The van der Waals surface area contributed by atoms with Crippen LogP contribution in [0.4, 0.5) is 16.4 Å². The molecule has 188 valence electrons. The van der Waals surface area contributed by atoms with Crippen molar-refractivity contribution in [2.45, 2.75) is 52.2 Å². The topological polar surface area (TPSA) is 172 Å². The minimum Gasteiger partial charge on any atom is -0.480 e. The molecule has 1 aromatic heterocycles. The van der Waals surface area contributed by atoms with Crippen molar-refractivity contribution in [2.24, 2.45) is 5.41 Å². The Bertz CT molecular complexity index is 1080. The number of amides is 3. The molecule has 3 amide bonds. The molecule has 2 atom stereocenters. The van der Waals surface area contributed by atoms with Crippen molar-refractivity contribution in [3.05, 3.63) is 36.2 Å².